The zero-order valence-electron chi connectivity index (χ0n) is 18.9. The molecule has 32 heavy (non-hydrogen) atoms. The first kappa shape index (κ1) is 23.8. The van der Waals surface area contributed by atoms with Gasteiger partial charge in [0.1, 0.15) is 11.0 Å². The summed E-state index contributed by atoms with van der Waals surface area (Å²) >= 11 is 2.58. The Hall–Kier alpha value is -1.32. The lowest BCUT2D eigenvalue weighted by Crippen LogP contribution is -2.60. The van der Waals surface area contributed by atoms with Gasteiger partial charge in [-0.25, -0.2) is 9.78 Å². The van der Waals surface area contributed by atoms with E-state index in [2.05, 4.69) is 15.2 Å². The Bertz CT molecular complexity index is 786. The Kier molecular flexibility index (Phi) is 8.00. The molecule has 0 spiro atoms. The molecule has 3 fully saturated rings. The van der Waals surface area contributed by atoms with E-state index in [1.165, 1.54) is 48.8 Å². The predicted molar refractivity (Wildman–Crippen MR) is 127 cm³/mol. The number of carboxylic acids is 1. The molecule has 0 aromatic carbocycles. The van der Waals surface area contributed by atoms with Crippen molar-refractivity contribution >= 4 is 40.2 Å². The van der Waals surface area contributed by atoms with Crippen LogP contribution in [0.4, 0.5) is 9.93 Å². The predicted octanol–water partition coefficient (Wildman–Crippen LogP) is 5.96. The number of amides is 2. The van der Waals surface area contributed by atoms with Crippen molar-refractivity contribution in [3.05, 3.63) is 6.20 Å². The number of nitrogens with one attached hydrogen (secondary N) is 1. The third kappa shape index (κ3) is 5.97. The van der Waals surface area contributed by atoms with Gasteiger partial charge >= 0.3 is 12.0 Å². The molecule has 1 aromatic rings. The van der Waals surface area contributed by atoms with E-state index in [1.807, 2.05) is 0 Å². The van der Waals surface area contributed by atoms with Gasteiger partial charge in [0.2, 0.25) is 0 Å². The van der Waals surface area contributed by atoms with E-state index in [0.29, 0.717) is 11.0 Å². The number of carbonyl (C=O) groups is 2. The van der Waals surface area contributed by atoms with E-state index < -0.39 is 16.9 Å². The number of aromatic nitrogens is 1. The fourth-order valence-electron chi connectivity index (χ4n) is 4.89. The standard InChI is InChI=1S/C23H35N3O4S2/c1-16(20(27)28)31-19-14-24-21(32-19)25-22(29)26(18-8-4-2-5-9-18)23(12-6-3-7-13-23)30-15-17-10-11-17/h14,16-18H,2-13,15H2,1H3,(H,27,28)(H,24,25,29). The summed E-state index contributed by atoms with van der Waals surface area (Å²) in [5.74, 6) is -0.204. The first-order valence-corrected chi connectivity index (χ1v) is 13.8. The number of aliphatic carboxylic acids is 1. The SMILES string of the molecule is CC(Sc1cnc(NC(=O)N(C2CCCCC2)C2(OCC3CC3)CCCCC2)s1)C(=O)O. The second kappa shape index (κ2) is 10.7. The molecule has 3 aliphatic carbocycles. The number of thioether (sulfide) groups is 1. The summed E-state index contributed by atoms with van der Waals surface area (Å²) in [6.07, 6.45) is 14.9. The van der Waals surface area contributed by atoms with E-state index in [4.69, 9.17) is 9.84 Å². The number of carboxylic acid groups (broad SMARTS) is 1. The Morgan fingerprint density at radius 2 is 1.91 bits per heavy atom. The molecule has 7 nitrogen and oxygen atoms in total. The topological polar surface area (TPSA) is 91.8 Å². The molecular formula is C23H35N3O4S2. The van der Waals surface area contributed by atoms with Crippen molar-refractivity contribution in [3.63, 3.8) is 0 Å². The lowest BCUT2D eigenvalue weighted by Gasteiger charge is -2.50. The van der Waals surface area contributed by atoms with E-state index in [-0.39, 0.29) is 12.1 Å². The second-order valence-electron chi connectivity index (χ2n) is 9.44. The third-order valence-electron chi connectivity index (χ3n) is 6.86. The molecule has 0 radical (unpaired) electrons. The van der Waals surface area contributed by atoms with E-state index in [0.717, 1.165) is 62.2 Å². The van der Waals surface area contributed by atoms with Crippen molar-refractivity contribution < 1.29 is 19.4 Å². The van der Waals surface area contributed by atoms with Gasteiger partial charge in [-0.15, -0.1) is 0 Å². The van der Waals surface area contributed by atoms with Gasteiger partial charge in [0.25, 0.3) is 0 Å². The molecule has 1 aromatic heterocycles. The fraction of sp³-hybridized carbons (Fsp3) is 0.783. The van der Waals surface area contributed by atoms with Crippen molar-refractivity contribution in [2.24, 2.45) is 5.92 Å². The number of thiazole rings is 1. The van der Waals surface area contributed by atoms with Crippen LogP contribution in [0.15, 0.2) is 10.4 Å². The van der Waals surface area contributed by atoms with Gasteiger partial charge in [-0.1, -0.05) is 48.8 Å². The molecule has 2 amide bonds. The average Bonchev–Trinajstić information content (AvgIpc) is 3.53. The Balaban J connectivity index is 1.52. The number of hydrogen-bond acceptors (Lipinski definition) is 6. The van der Waals surface area contributed by atoms with Crippen LogP contribution in [-0.4, -0.2) is 50.6 Å². The number of ether oxygens (including phenoxy) is 1. The van der Waals surface area contributed by atoms with Crippen LogP contribution in [0.2, 0.25) is 0 Å². The molecule has 9 heteroatoms. The highest BCUT2D eigenvalue weighted by atomic mass is 32.2. The van der Waals surface area contributed by atoms with E-state index in [1.54, 1.807) is 13.1 Å². The summed E-state index contributed by atoms with van der Waals surface area (Å²) in [5.41, 5.74) is -0.514. The van der Waals surface area contributed by atoms with Crippen LogP contribution in [-0.2, 0) is 9.53 Å². The largest absolute Gasteiger partial charge is 0.480 e. The summed E-state index contributed by atoms with van der Waals surface area (Å²) in [5, 5.41) is 12.2. The lowest BCUT2D eigenvalue weighted by atomic mass is 9.86. The number of carbonyl (C=O) groups excluding carboxylic acids is 1. The van der Waals surface area contributed by atoms with Crippen LogP contribution in [0.1, 0.15) is 84.0 Å². The van der Waals surface area contributed by atoms with Gasteiger partial charge < -0.3 is 9.84 Å². The van der Waals surface area contributed by atoms with E-state index >= 15 is 0 Å². The first-order chi connectivity index (χ1) is 15.5. The number of hydrogen-bond donors (Lipinski definition) is 2. The molecule has 1 heterocycles. The van der Waals surface area contributed by atoms with Crippen molar-refractivity contribution in [1.82, 2.24) is 9.88 Å². The molecule has 2 N–H and O–H groups in total. The first-order valence-electron chi connectivity index (χ1n) is 12.1. The zero-order valence-corrected chi connectivity index (χ0v) is 20.5. The van der Waals surface area contributed by atoms with Crippen molar-refractivity contribution in [2.75, 3.05) is 11.9 Å². The summed E-state index contributed by atoms with van der Waals surface area (Å²) in [4.78, 5) is 31.3. The minimum absolute atomic E-state index is 0.119. The molecular weight excluding hydrogens is 446 g/mol. The molecule has 4 rings (SSSR count). The minimum Gasteiger partial charge on any atom is -0.480 e. The fourth-order valence-corrected chi connectivity index (χ4v) is 6.85. The van der Waals surface area contributed by atoms with Crippen LogP contribution in [0.3, 0.4) is 0 Å². The Labute approximate surface area is 198 Å². The summed E-state index contributed by atoms with van der Waals surface area (Å²) in [6.45, 7) is 2.40. The van der Waals surface area contributed by atoms with Crippen LogP contribution < -0.4 is 5.32 Å². The summed E-state index contributed by atoms with van der Waals surface area (Å²) in [7, 11) is 0. The second-order valence-corrected chi connectivity index (χ2v) is 12.1. The molecule has 178 valence electrons. The highest BCUT2D eigenvalue weighted by molar-refractivity contribution is 8.02. The molecule has 3 aliphatic rings. The van der Waals surface area contributed by atoms with Gasteiger partial charge in [-0.05, 0) is 64.2 Å². The highest BCUT2D eigenvalue weighted by Crippen LogP contribution is 2.42. The van der Waals surface area contributed by atoms with Gasteiger partial charge in [0.15, 0.2) is 5.13 Å². The maximum atomic E-state index is 13.7. The van der Waals surface area contributed by atoms with Gasteiger partial charge in [0.05, 0.1) is 17.0 Å². The molecule has 1 unspecified atom stereocenters. The van der Waals surface area contributed by atoms with Crippen molar-refractivity contribution in [3.8, 4) is 0 Å². The van der Waals surface area contributed by atoms with Crippen molar-refractivity contribution in [1.29, 1.82) is 0 Å². The monoisotopic (exact) mass is 481 g/mol. The minimum atomic E-state index is -0.857. The number of anilines is 1. The van der Waals surface area contributed by atoms with Crippen LogP contribution in [0, 0.1) is 5.92 Å². The number of urea groups is 1. The van der Waals surface area contributed by atoms with Gasteiger partial charge in [0, 0.05) is 6.04 Å². The molecule has 0 saturated heterocycles. The molecule has 0 bridgehead atoms. The summed E-state index contributed by atoms with van der Waals surface area (Å²) in [6, 6.07) is 0.0775. The van der Waals surface area contributed by atoms with Gasteiger partial charge in [-0.2, -0.15) is 0 Å². The van der Waals surface area contributed by atoms with E-state index in [9.17, 15) is 9.59 Å². The van der Waals surface area contributed by atoms with Crippen molar-refractivity contribution in [2.45, 2.75) is 105 Å². The highest BCUT2D eigenvalue weighted by Gasteiger charge is 2.46. The quantitative estimate of drug-likeness (QED) is 0.334. The zero-order chi connectivity index (χ0) is 22.6. The molecule has 3 saturated carbocycles. The number of nitrogens with zero attached hydrogens (tertiary/aromatic N) is 2. The van der Waals surface area contributed by atoms with Gasteiger partial charge in [-0.3, -0.25) is 15.0 Å². The number of rotatable bonds is 9. The lowest BCUT2D eigenvalue weighted by molar-refractivity contribution is -0.171. The van der Waals surface area contributed by atoms with Crippen LogP contribution >= 0.6 is 23.1 Å². The maximum absolute atomic E-state index is 13.7. The molecule has 0 aliphatic heterocycles. The smallest absolute Gasteiger partial charge is 0.326 e. The maximum Gasteiger partial charge on any atom is 0.326 e. The normalized spacial score (nSPS) is 22.3. The Morgan fingerprint density at radius 1 is 1.22 bits per heavy atom. The summed E-state index contributed by atoms with van der Waals surface area (Å²) < 4.78 is 7.42. The Morgan fingerprint density at radius 3 is 2.56 bits per heavy atom. The third-order valence-corrected chi connectivity index (χ3v) is 9.00. The van der Waals surface area contributed by atoms with Crippen LogP contribution in [0.25, 0.3) is 0 Å². The molecule has 1 atom stereocenters. The average molecular weight is 482 g/mol. The van der Waals surface area contributed by atoms with Crippen LogP contribution in [0.5, 0.6) is 0 Å².